The van der Waals surface area contributed by atoms with E-state index in [0.29, 0.717) is 0 Å². The molecule has 0 aliphatic heterocycles. The van der Waals surface area contributed by atoms with Crippen LogP contribution in [0.15, 0.2) is 133 Å². The summed E-state index contributed by atoms with van der Waals surface area (Å²) < 4.78 is 0. The van der Waals surface area contributed by atoms with Crippen LogP contribution >= 0.6 is 0 Å². The molecule has 1 spiro atoms. The van der Waals surface area contributed by atoms with E-state index < -0.39 is 0 Å². The van der Waals surface area contributed by atoms with Crippen molar-refractivity contribution in [3.8, 4) is 33.4 Å². The predicted molar refractivity (Wildman–Crippen MR) is 170 cm³/mol. The zero-order valence-electron chi connectivity index (χ0n) is 23.4. The molecular weight excluding hydrogens is 492 g/mol. The normalized spacial score (nSPS) is 15.6. The van der Waals surface area contributed by atoms with Gasteiger partial charge in [0.15, 0.2) is 0 Å². The average molecular weight is 523 g/mol. The second kappa shape index (κ2) is 7.95. The van der Waals surface area contributed by atoms with Crippen LogP contribution in [0, 0.1) is 0 Å². The fraction of sp³-hybridized carbons (Fsp3) is 0.122. The molecule has 0 saturated carbocycles. The van der Waals surface area contributed by atoms with Gasteiger partial charge in [-0.3, -0.25) is 0 Å². The van der Waals surface area contributed by atoms with Crippen LogP contribution in [0.25, 0.3) is 33.4 Å². The summed E-state index contributed by atoms with van der Waals surface area (Å²) in [4.78, 5) is 0. The highest BCUT2D eigenvalue weighted by atomic mass is 14.5. The number of fused-ring (bicyclic) bond motifs is 13. The summed E-state index contributed by atoms with van der Waals surface area (Å²) >= 11 is 0. The Morgan fingerprint density at radius 1 is 0.415 bits per heavy atom. The van der Waals surface area contributed by atoms with Gasteiger partial charge in [0, 0.05) is 5.41 Å². The summed E-state index contributed by atoms with van der Waals surface area (Å²) in [6.45, 7) is 4.73. The lowest BCUT2D eigenvalue weighted by atomic mass is 9.70. The molecule has 0 heterocycles. The molecule has 0 aromatic heterocycles. The van der Waals surface area contributed by atoms with Gasteiger partial charge < -0.3 is 0 Å². The topological polar surface area (TPSA) is 0 Å². The summed E-state index contributed by atoms with van der Waals surface area (Å²) in [6.07, 6.45) is 0.920. The Bertz CT molecular complexity index is 2010. The molecule has 6 aromatic rings. The molecule has 9 rings (SSSR count). The van der Waals surface area contributed by atoms with Crippen LogP contribution in [0.5, 0.6) is 0 Å². The van der Waals surface area contributed by atoms with Gasteiger partial charge in [0.2, 0.25) is 0 Å². The molecule has 0 amide bonds. The molecule has 0 atom stereocenters. The van der Waals surface area contributed by atoms with E-state index in [1.807, 2.05) is 0 Å². The highest BCUT2D eigenvalue weighted by Crippen LogP contribution is 2.62. The molecular formula is C41H30. The van der Waals surface area contributed by atoms with E-state index in [9.17, 15) is 0 Å². The summed E-state index contributed by atoms with van der Waals surface area (Å²) in [7, 11) is 0. The third-order valence-corrected chi connectivity index (χ3v) is 10.1. The SMILES string of the molecule is CC1(C)c2ccccc2-c2c(Cc3ccc4c(c3)-c3ccccc3C43c4ccccc4-c4ccccc43)cccc21. The lowest BCUT2D eigenvalue weighted by molar-refractivity contribution is 0.660. The van der Waals surface area contributed by atoms with Crippen LogP contribution in [0.2, 0.25) is 0 Å². The molecule has 41 heavy (non-hydrogen) atoms. The lowest BCUT2D eigenvalue weighted by Gasteiger charge is -2.30. The Morgan fingerprint density at radius 2 is 0.902 bits per heavy atom. The van der Waals surface area contributed by atoms with Crippen molar-refractivity contribution in [3.63, 3.8) is 0 Å². The van der Waals surface area contributed by atoms with Crippen LogP contribution in [0.1, 0.15) is 58.4 Å². The third kappa shape index (κ3) is 2.80. The van der Waals surface area contributed by atoms with Gasteiger partial charge in [0.1, 0.15) is 0 Å². The Labute approximate surface area is 242 Å². The molecule has 0 radical (unpaired) electrons. The quantitative estimate of drug-likeness (QED) is 0.212. The fourth-order valence-electron chi connectivity index (χ4n) is 8.45. The summed E-state index contributed by atoms with van der Waals surface area (Å²) in [5, 5.41) is 0. The van der Waals surface area contributed by atoms with E-state index in [0.717, 1.165) is 6.42 Å². The molecule has 194 valence electrons. The molecule has 0 unspecified atom stereocenters. The zero-order valence-corrected chi connectivity index (χ0v) is 23.4. The molecule has 0 nitrogen and oxygen atoms in total. The van der Waals surface area contributed by atoms with E-state index in [1.54, 1.807) is 0 Å². The lowest BCUT2D eigenvalue weighted by Crippen LogP contribution is -2.25. The fourth-order valence-corrected chi connectivity index (χ4v) is 8.45. The smallest absolute Gasteiger partial charge is 0.0619 e. The van der Waals surface area contributed by atoms with Gasteiger partial charge in [0.25, 0.3) is 0 Å². The highest BCUT2D eigenvalue weighted by molar-refractivity contribution is 5.95. The van der Waals surface area contributed by atoms with Gasteiger partial charge in [0.05, 0.1) is 5.41 Å². The number of benzene rings is 6. The Balaban J connectivity index is 1.25. The van der Waals surface area contributed by atoms with Crippen LogP contribution in [-0.4, -0.2) is 0 Å². The average Bonchev–Trinajstić information content (AvgIpc) is 3.57. The van der Waals surface area contributed by atoms with Crippen LogP contribution in [-0.2, 0) is 17.3 Å². The van der Waals surface area contributed by atoms with Gasteiger partial charge in [-0.1, -0.05) is 147 Å². The number of rotatable bonds is 2. The second-order valence-electron chi connectivity index (χ2n) is 12.5. The second-order valence-corrected chi connectivity index (χ2v) is 12.5. The minimum atomic E-state index is -0.269. The van der Waals surface area contributed by atoms with E-state index >= 15 is 0 Å². The largest absolute Gasteiger partial charge is 0.0725 e. The molecule has 0 heteroatoms. The molecule has 3 aliphatic carbocycles. The van der Waals surface area contributed by atoms with Crippen molar-refractivity contribution in [1.29, 1.82) is 0 Å². The molecule has 0 fully saturated rings. The predicted octanol–water partition coefficient (Wildman–Crippen LogP) is 9.93. The number of hydrogen-bond acceptors (Lipinski definition) is 0. The van der Waals surface area contributed by atoms with Crippen molar-refractivity contribution in [1.82, 2.24) is 0 Å². The molecule has 0 bridgehead atoms. The molecule has 0 N–H and O–H groups in total. The molecule has 3 aliphatic rings. The van der Waals surface area contributed by atoms with Crippen LogP contribution in [0.4, 0.5) is 0 Å². The van der Waals surface area contributed by atoms with E-state index in [-0.39, 0.29) is 10.8 Å². The van der Waals surface area contributed by atoms with Crippen LogP contribution in [0.3, 0.4) is 0 Å². The number of hydrogen-bond donors (Lipinski definition) is 0. The van der Waals surface area contributed by atoms with Gasteiger partial charge >= 0.3 is 0 Å². The van der Waals surface area contributed by atoms with Crippen molar-refractivity contribution in [2.24, 2.45) is 0 Å². The van der Waals surface area contributed by atoms with Crippen LogP contribution < -0.4 is 0 Å². The van der Waals surface area contributed by atoms with E-state index in [4.69, 9.17) is 0 Å². The minimum Gasteiger partial charge on any atom is -0.0619 e. The Kier molecular flexibility index (Phi) is 4.48. The zero-order chi connectivity index (χ0) is 27.3. The Morgan fingerprint density at radius 3 is 1.54 bits per heavy atom. The van der Waals surface area contributed by atoms with Crippen molar-refractivity contribution in [2.75, 3.05) is 0 Å². The third-order valence-electron chi connectivity index (χ3n) is 10.1. The van der Waals surface area contributed by atoms with Crippen molar-refractivity contribution in [2.45, 2.75) is 31.1 Å². The van der Waals surface area contributed by atoms with Gasteiger partial charge in [-0.25, -0.2) is 0 Å². The highest BCUT2D eigenvalue weighted by Gasteiger charge is 2.51. The minimum absolute atomic E-state index is 0.0223. The Hall–Kier alpha value is -4.68. The van der Waals surface area contributed by atoms with Crippen molar-refractivity contribution < 1.29 is 0 Å². The first-order valence-electron chi connectivity index (χ1n) is 14.7. The van der Waals surface area contributed by atoms with Gasteiger partial charge in [-0.2, -0.15) is 0 Å². The van der Waals surface area contributed by atoms with Crippen molar-refractivity contribution >= 4 is 0 Å². The van der Waals surface area contributed by atoms with Crippen molar-refractivity contribution in [3.05, 3.63) is 178 Å². The first kappa shape index (κ1) is 23.1. The standard InChI is InChI=1S/C41H30/c1-40(2)33-17-7-6-16-31(33)39-27(12-11-21-38(39)40)24-26-22-23-37-32(25-26)30-15-5-10-20-36(30)41(37)34-18-8-3-13-28(34)29-14-4-9-19-35(29)41/h3-23,25H,24H2,1-2H3. The summed E-state index contributed by atoms with van der Waals surface area (Å²) in [6, 6.07) is 50.4. The van der Waals surface area contributed by atoms with Gasteiger partial charge in [-0.15, -0.1) is 0 Å². The van der Waals surface area contributed by atoms with E-state index in [2.05, 4.69) is 147 Å². The summed E-state index contributed by atoms with van der Waals surface area (Å²) in [5.41, 5.74) is 19.3. The maximum atomic E-state index is 2.48. The maximum Gasteiger partial charge on any atom is 0.0725 e. The summed E-state index contributed by atoms with van der Waals surface area (Å²) in [5.74, 6) is 0. The van der Waals surface area contributed by atoms with Gasteiger partial charge in [-0.05, 0) is 84.3 Å². The first-order chi connectivity index (χ1) is 20.1. The molecule has 6 aromatic carbocycles. The monoisotopic (exact) mass is 522 g/mol. The molecule has 0 saturated heterocycles. The van der Waals surface area contributed by atoms with E-state index in [1.165, 1.54) is 77.9 Å². The first-order valence-corrected chi connectivity index (χ1v) is 14.7. The maximum absolute atomic E-state index is 2.48.